The van der Waals surface area contributed by atoms with Gasteiger partial charge in [-0.25, -0.2) is 13.2 Å². The van der Waals surface area contributed by atoms with Gasteiger partial charge in [-0.3, -0.25) is 0 Å². The Balaban J connectivity index is 3.22. The maximum absolute atomic E-state index is 11.3. The van der Waals surface area contributed by atoms with Crippen LogP contribution in [0.5, 0.6) is 0 Å². The van der Waals surface area contributed by atoms with Crippen LogP contribution in [-0.2, 0) is 14.6 Å². The van der Waals surface area contributed by atoms with Crippen molar-refractivity contribution < 1.29 is 13.2 Å². The topological polar surface area (TPSA) is 87.4 Å². The first-order chi connectivity index (χ1) is 6.46. The Morgan fingerprint density at radius 2 is 2.21 bits per heavy atom. The molecule has 1 fully saturated rings. The lowest BCUT2D eigenvalue weighted by atomic mass is 10.0. The number of isocyanates is 1. The highest BCUT2D eigenvalue weighted by atomic mass is 32.2. The fourth-order valence-electron chi connectivity index (χ4n) is 1.89. The van der Waals surface area contributed by atoms with Crippen LogP contribution in [0, 0.1) is 11.3 Å². The highest BCUT2D eigenvalue weighted by molar-refractivity contribution is 7.91. The van der Waals surface area contributed by atoms with Gasteiger partial charge in [0.25, 0.3) is 0 Å². The van der Waals surface area contributed by atoms with Gasteiger partial charge in [0.05, 0.1) is 6.07 Å². The molecule has 0 radical (unpaired) electrons. The van der Waals surface area contributed by atoms with Crippen LogP contribution in [0.3, 0.4) is 0 Å². The number of rotatable bonds is 2. The van der Waals surface area contributed by atoms with Gasteiger partial charge in [0.2, 0.25) is 6.08 Å². The van der Waals surface area contributed by atoms with Crippen LogP contribution in [0.25, 0.3) is 0 Å². The molecule has 0 amide bonds. The van der Waals surface area contributed by atoms with Crippen molar-refractivity contribution in [1.29, 1.82) is 5.26 Å². The van der Waals surface area contributed by atoms with Crippen LogP contribution >= 0.6 is 0 Å². The molecule has 76 valence electrons. The standard InChI is InChI=1S/C8H10N2O3S/c1-14(12,13)7-3-2-4-8(7,5-9)10-6-11/h7H,2-4H2,1H3. The minimum Gasteiger partial charge on any atom is -0.229 e. The molecule has 0 aromatic rings. The Hall–Kier alpha value is -1.18. The van der Waals surface area contributed by atoms with Crippen molar-refractivity contribution in [2.24, 2.45) is 4.99 Å². The molecular weight excluding hydrogens is 204 g/mol. The fraction of sp³-hybridized carbons (Fsp3) is 0.750. The van der Waals surface area contributed by atoms with Gasteiger partial charge in [0.1, 0.15) is 5.25 Å². The molecule has 0 N–H and O–H groups in total. The summed E-state index contributed by atoms with van der Waals surface area (Å²) in [4.78, 5) is 13.5. The van der Waals surface area contributed by atoms with Crippen molar-refractivity contribution in [3.8, 4) is 6.07 Å². The van der Waals surface area contributed by atoms with Crippen molar-refractivity contribution in [2.45, 2.75) is 30.1 Å². The third-order valence-corrected chi connectivity index (χ3v) is 4.17. The van der Waals surface area contributed by atoms with E-state index in [-0.39, 0.29) is 0 Å². The minimum atomic E-state index is -3.34. The first kappa shape index (κ1) is 10.9. The van der Waals surface area contributed by atoms with Crippen molar-refractivity contribution >= 4 is 15.9 Å². The molecule has 5 nitrogen and oxygen atoms in total. The summed E-state index contributed by atoms with van der Waals surface area (Å²) in [6.45, 7) is 0. The smallest absolute Gasteiger partial charge is 0.229 e. The second kappa shape index (κ2) is 3.52. The van der Waals surface area contributed by atoms with Gasteiger partial charge in [0, 0.05) is 6.26 Å². The lowest BCUT2D eigenvalue weighted by Gasteiger charge is -2.20. The highest BCUT2D eigenvalue weighted by Gasteiger charge is 2.49. The second-order valence-electron chi connectivity index (χ2n) is 3.45. The SMILES string of the molecule is CS(=O)(=O)C1CCCC1(C#N)N=C=O. The van der Waals surface area contributed by atoms with Crippen molar-refractivity contribution in [2.75, 3.05) is 6.26 Å². The monoisotopic (exact) mass is 214 g/mol. The molecule has 1 saturated carbocycles. The number of nitrogens with zero attached hydrogens (tertiary/aromatic N) is 2. The van der Waals surface area contributed by atoms with E-state index in [1.807, 2.05) is 6.07 Å². The number of nitriles is 1. The molecule has 1 aliphatic carbocycles. The lowest BCUT2D eigenvalue weighted by molar-refractivity contribution is 0.515. The van der Waals surface area contributed by atoms with Crippen LogP contribution in [0.2, 0.25) is 0 Å². The number of carbonyl (C=O) groups excluding carboxylic acids is 1. The molecule has 0 heterocycles. The molecule has 0 aromatic carbocycles. The van der Waals surface area contributed by atoms with Gasteiger partial charge in [-0.05, 0) is 19.3 Å². The molecule has 2 atom stereocenters. The van der Waals surface area contributed by atoms with Crippen molar-refractivity contribution in [3.05, 3.63) is 0 Å². The fourth-order valence-corrected chi connectivity index (χ4v) is 3.41. The van der Waals surface area contributed by atoms with Crippen LogP contribution in [0.4, 0.5) is 0 Å². The van der Waals surface area contributed by atoms with Gasteiger partial charge in [-0.2, -0.15) is 10.3 Å². The molecule has 0 bridgehead atoms. The Morgan fingerprint density at radius 1 is 1.57 bits per heavy atom. The Labute approximate surface area is 82.4 Å². The summed E-state index contributed by atoms with van der Waals surface area (Å²) < 4.78 is 22.7. The maximum atomic E-state index is 11.3. The third-order valence-electron chi connectivity index (χ3n) is 2.51. The van der Waals surface area contributed by atoms with E-state index in [1.54, 1.807) is 0 Å². The molecule has 1 aliphatic rings. The van der Waals surface area contributed by atoms with Crippen LogP contribution < -0.4 is 0 Å². The number of sulfone groups is 1. The molecule has 0 spiro atoms. The van der Waals surface area contributed by atoms with Crippen LogP contribution in [-0.4, -0.2) is 31.5 Å². The van der Waals surface area contributed by atoms with Gasteiger partial charge in [-0.15, -0.1) is 0 Å². The summed E-state index contributed by atoms with van der Waals surface area (Å²) in [6.07, 6.45) is 3.65. The summed E-state index contributed by atoms with van der Waals surface area (Å²) in [5, 5.41) is 8.03. The zero-order valence-electron chi connectivity index (χ0n) is 7.73. The number of hydrogen-bond donors (Lipinski definition) is 0. The van der Waals surface area contributed by atoms with E-state index in [2.05, 4.69) is 4.99 Å². The van der Waals surface area contributed by atoms with Gasteiger partial charge in [-0.1, -0.05) is 0 Å². The average Bonchev–Trinajstić information content (AvgIpc) is 2.49. The van der Waals surface area contributed by atoms with Crippen molar-refractivity contribution in [3.63, 3.8) is 0 Å². The second-order valence-corrected chi connectivity index (χ2v) is 5.68. The third kappa shape index (κ3) is 1.69. The summed E-state index contributed by atoms with van der Waals surface area (Å²) >= 11 is 0. The molecule has 0 aliphatic heterocycles. The molecule has 14 heavy (non-hydrogen) atoms. The summed E-state index contributed by atoms with van der Waals surface area (Å²) in [7, 11) is -3.34. The number of aliphatic imine (C=N–C) groups is 1. The largest absolute Gasteiger partial charge is 0.236 e. The molecule has 0 saturated heterocycles. The normalized spacial score (nSPS) is 31.9. The highest BCUT2D eigenvalue weighted by Crippen LogP contribution is 2.37. The summed E-state index contributed by atoms with van der Waals surface area (Å²) in [5.74, 6) is 0. The van der Waals surface area contributed by atoms with E-state index in [1.165, 1.54) is 6.08 Å². The van der Waals surface area contributed by atoms with Gasteiger partial charge in [0.15, 0.2) is 15.4 Å². The van der Waals surface area contributed by atoms with E-state index in [9.17, 15) is 13.2 Å². The van der Waals surface area contributed by atoms with Crippen molar-refractivity contribution in [1.82, 2.24) is 0 Å². The van der Waals surface area contributed by atoms with Crippen LogP contribution in [0.15, 0.2) is 4.99 Å². The predicted molar refractivity (Wildman–Crippen MR) is 48.9 cm³/mol. The first-order valence-electron chi connectivity index (χ1n) is 4.15. The lowest BCUT2D eigenvalue weighted by Crippen LogP contribution is -2.39. The number of hydrogen-bond acceptors (Lipinski definition) is 5. The zero-order chi connectivity index (χ0) is 10.8. The molecule has 0 aromatic heterocycles. The van der Waals surface area contributed by atoms with E-state index in [0.717, 1.165) is 6.26 Å². The van der Waals surface area contributed by atoms with Crippen LogP contribution in [0.1, 0.15) is 19.3 Å². The molecule has 1 rings (SSSR count). The van der Waals surface area contributed by atoms with E-state index >= 15 is 0 Å². The molecule has 6 heteroatoms. The van der Waals surface area contributed by atoms with Gasteiger partial charge >= 0.3 is 0 Å². The summed E-state index contributed by atoms with van der Waals surface area (Å²) in [6, 6.07) is 1.83. The van der Waals surface area contributed by atoms with E-state index < -0.39 is 20.6 Å². The Bertz CT molecular complexity index is 416. The molecular formula is C8H10N2O3S. The van der Waals surface area contributed by atoms with E-state index in [0.29, 0.717) is 19.3 Å². The minimum absolute atomic E-state index is 0.316. The van der Waals surface area contributed by atoms with Gasteiger partial charge < -0.3 is 0 Å². The maximum Gasteiger partial charge on any atom is 0.236 e. The predicted octanol–water partition coefficient (Wildman–Crippen LogP) is 0.182. The average molecular weight is 214 g/mol. The zero-order valence-corrected chi connectivity index (χ0v) is 8.54. The first-order valence-corrected chi connectivity index (χ1v) is 6.11. The quantitative estimate of drug-likeness (QED) is 0.484. The van der Waals surface area contributed by atoms with E-state index in [4.69, 9.17) is 5.26 Å². The molecule has 2 unspecified atom stereocenters. The Kier molecular flexibility index (Phi) is 2.74. The summed E-state index contributed by atoms with van der Waals surface area (Å²) in [5.41, 5.74) is -1.39. The Morgan fingerprint density at radius 3 is 2.64 bits per heavy atom.